The van der Waals surface area contributed by atoms with E-state index in [-0.39, 0.29) is 17.9 Å². The first-order valence-corrected chi connectivity index (χ1v) is 14.2. The monoisotopic (exact) mass is 583 g/mol. The van der Waals surface area contributed by atoms with Crippen molar-refractivity contribution in [3.05, 3.63) is 131 Å². The average Bonchev–Trinajstić information content (AvgIpc) is 3.02. The molecule has 0 saturated heterocycles. The summed E-state index contributed by atoms with van der Waals surface area (Å²) in [4.78, 5) is 28.3. The summed E-state index contributed by atoms with van der Waals surface area (Å²) in [6, 6.07) is 28.6. The number of carbonyl (C=O) groups is 2. The molecule has 0 radical (unpaired) electrons. The van der Waals surface area contributed by atoms with Crippen molar-refractivity contribution in [1.29, 1.82) is 0 Å². The zero-order valence-corrected chi connectivity index (χ0v) is 23.7. The number of hydrogen-bond donors (Lipinski definition) is 2. The molecule has 1 aliphatic rings. The highest BCUT2D eigenvalue weighted by atomic mass is 19.4. The summed E-state index contributed by atoms with van der Waals surface area (Å²) in [5.41, 5.74) is 4.47. The second-order valence-electron chi connectivity index (χ2n) is 10.3. The van der Waals surface area contributed by atoms with E-state index in [1.165, 1.54) is 17.7 Å². The topological polar surface area (TPSA) is 61.4 Å². The minimum absolute atomic E-state index is 0.00876. The van der Waals surface area contributed by atoms with Gasteiger partial charge in [-0.05, 0) is 71.5 Å². The molecule has 220 valence electrons. The lowest BCUT2D eigenvalue weighted by Gasteiger charge is -2.33. The van der Waals surface area contributed by atoms with Gasteiger partial charge in [0.2, 0.25) is 5.91 Å². The normalized spacial score (nSPS) is 14.5. The van der Waals surface area contributed by atoms with Crippen LogP contribution in [0.3, 0.4) is 0 Å². The van der Waals surface area contributed by atoms with Gasteiger partial charge in [0, 0.05) is 30.9 Å². The number of hydrogen-bond acceptors (Lipinski definition) is 3. The van der Waals surface area contributed by atoms with E-state index in [2.05, 4.69) is 21.6 Å². The SMILES string of the molecule is CCNC(=O)C(c1ccccc1)N1CC=C(c2ccc(NC(=O)c3ccccc3-c3ccc(C(F)(F)F)cc3)cc2)CC1. The van der Waals surface area contributed by atoms with Gasteiger partial charge >= 0.3 is 6.18 Å². The molecule has 2 N–H and O–H groups in total. The van der Waals surface area contributed by atoms with Crippen LogP contribution in [0.1, 0.15) is 46.4 Å². The van der Waals surface area contributed by atoms with E-state index < -0.39 is 11.7 Å². The summed E-state index contributed by atoms with van der Waals surface area (Å²) in [6.07, 6.45) is -1.51. The standard InChI is InChI=1S/C35H32F3N3O2/c1-2-39-34(43)32(27-8-4-3-5-9-27)41-22-20-25(21-23-41)24-14-18-29(19-15-24)40-33(42)31-11-7-6-10-30(31)26-12-16-28(17-13-26)35(36,37)38/h3-20,32H,2,21-23H2,1H3,(H,39,43)(H,40,42). The average molecular weight is 584 g/mol. The van der Waals surface area contributed by atoms with Crippen molar-refractivity contribution in [2.45, 2.75) is 25.6 Å². The molecule has 2 amide bonds. The lowest BCUT2D eigenvalue weighted by Crippen LogP contribution is -2.42. The third-order valence-electron chi connectivity index (χ3n) is 7.53. The number of amides is 2. The molecule has 0 aromatic heterocycles. The van der Waals surface area contributed by atoms with E-state index >= 15 is 0 Å². The Hall–Kier alpha value is -4.69. The molecule has 43 heavy (non-hydrogen) atoms. The number of nitrogens with one attached hydrogen (secondary N) is 2. The summed E-state index contributed by atoms with van der Waals surface area (Å²) in [7, 11) is 0. The largest absolute Gasteiger partial charge is 0.416 e. The van der Waals surface area contributed by atoms with Gasteiger partial charge in [-0.15, -0.1) is 0 Å². The molecule has 1 aliphatic heterocycles. The molecule has 8 heteroatoms. The maximum atomic E-state index is 13.2. The maximum absolute atomic E-state index is 13.2. The number of carbonyl (C=O) groups excluding carboxylic acids is 2. The second kappa shape index (κ2) is 13.1. The van der Waals surface area contributed by atoms with Gasteiger partial charge in [0.15, 0.2) is 0 Å². The van der Waals surface area contributed by atoms with Crippen molar-refractivity contribution in [2.75, 3.05) is 25.0 Å². The summed E-state index contributed by atoms with van der Waals surface area (Å²) in [5.74, 6) is -0.362. The number of rotatable bonds is 8. The van der Waals surface area contributed by atoms with Crippen LogP contribution in [-0.2, 0) is 11.0 Å². The van der Waals surface area contributed by atoms with E-state index in [0.29, 0.717) is 35.5 Å². The van der Waals surface area contributed by atoms with Crippen LogP contribution in [0.4, 0.5) is 18.9 Å². The van der Waals surface area contributed by atoms with Gasteiger partial charge < -0.3 is 10.6 Å². The fraction of sp³-hybridized carbons (Fsp3) is 0.200. The molecule has 5 rings (SSSR count). The Morgan fingerprint density at radius 3 is 2.12 bits per heavy atom. The predicted octanol–water partition coefficient (Wildman–Crippen LogP) is 7.59. The quantitative estimate of drug-likeness (QED) is 0.225. The van der Waals surface area contributed by atoms with Crippen LogP contribution >= 0.6 is 0 Å². The summed E-state index contributed by atoms with van der Waals surface area (Å²) < 4.78 is 39.0. The Kier molecular flexibility index (Phi) is 9.07. The zero-order chi connectivity index (χ0) is 30.4. The molecule has 1 heterocycles. The van der Waals surface area contributed by atoms with Gasteiger partial charge in [0.25, 0.3) is 5.91 Å². The highest BCUT2D eigenvalue weighted by molar-refractivity contribution is 6.08. The van der Waals surface area contributed by atoms with Crippen molar-refractivity contribution in [3.63, 3.8) is 0 Å². The van der Waals surface area contributed by atoms with Gasteiger partial charge in [-0.25, -0.2) is 0 Å². The minimum atomic E-state index is -4.43. The van der Waals surface area contributed by atoms with E-state index in [4.69, 9.17) is 0 Å². The Balaban J connectivity index is 1.27. The molecule has 4 aromatic carbocycles. The second-order valence-corrected chi connectivity index (χ2v) is 10.3. The molecule has 1 atom stereocenters. The highest BCUT2D eigenvalue weighted by Gasteiger charge is 2.30. The smallest absolute Gasteiger partial charge is 0.355 e. The van der Waals surface area contributed by atoms with Gasteiger partial charge in [-0.2, -0.15) is 13.2 Å². The third kappa shape index (κ3) is 7.04. The molecule has 4 aromatic rings. The van der Waals surface area contributed by atoms with Crippen LogP contribution in [-0.4, -0.2) is 36.3 Å². The first-order chi connectivity index (χ1) is 20.7. The molecular weight excluding hydrogens is 551 g/mol. The van der Waals surface area contributed by atoms with E-state index in [1.807, 2.05) is 61.5 Å². The molecule has 0 bridgehead atoms. The van der Waals surface area contributed by atoms with Crippen LogP contribution in [0.2, 0.25) is 0 Å². The number of alkyl halides is 3. The molecule has 0 spiro atoms. The molecular formula is C35H32F3N3O2. The summed E-state index contributed by atoms with van der Waals surface area (Å²) in [6.45, 7) is 3.84. The van der Waals surface area contributed by atoms with Crippen molar-refractivity contribution in [1.82, 2.24) is 10.2 Å². The predicted molar refractivity (Wildman–Crippen MR) is 163 cm³/mol. The number of halogens is 3. The van der Waals surface area contributed by atoms with E-state index in [9.17, 15) is 22.8 Å². The molecule has 1 unspecified atom stereocenters. The van der Waals surface area contributed by atoms with Gasteiger partial charge in [-0.3, -0.25) is 14.5 Å². The van der Waals surface area contributed by atoms with Crippen molar-refractivity contribution in [3.8, 4) is 11.1 Å². The maximum Gasteiger partial charge on any atom is 0.416 e. The Morgan fingerprint density at radius 1 is 0.837 bits per heavy atom. The molecule has 5 nitrogen and oxygen atoms in total. The van der Waals surface area contributed by atoms with E-state index in [1.54, 1.807) is 24.3 Å². The Bertz CT molecular complexity index is 1600. The lowest BCUT2D eigenvalue weighted by molar-refractivity contribution is -0.137. The number of likely N-dealkylation sites (N-methyl/N-ethyl adjacent to an activating group) is 1. The molecule has 0 aliphatic carbocycles. The van der Waals surface area contributed by atoms with E-state index in [0.717, 1.165) is 36.2 Å². The third-order valence-corrected chi connectivity index (χ3v) is 7.53. The fourth-order valence-corrected chi connectivity index (χ4v) is 5.35. The molecule has 0 fully saturated rings. The number of nitrogens with zero attached hydrogens (tertiary/aromatic N) is 1. The minimum Gasteiger partial charge on any atom is -0.355 e. The van der Waals surface area contributed by atoms with Gasteiger partial charge in [0.05, 0.1) is 5.56 Å². The van der Waals surface area contributed by atoms with Crippen molar-refractivity contribution in [2.24, 2.45) is 0 Å². The van der Waals surface area contributed by atoms with Crippen LogP contribution in [0.5, 0.6) is 0 Å². The van der Waals surface area contributed by atoms with Crippen LogP contribution < -0.4 is 10.6 Å². The fourth-order valence-electron chi connectivity index (χ4n) is 5.35. The number of anilines is 1. The Morgan fingerprint density at radius 2 is 1.49 bits per heavy atom. The van der Waals surface area contributed by atoms with Crippen LogP contribution in [0, 0.1) is 0 Å². The highest BCUT2D eigenvalue weighted by Crippen LogP contribution is 2.33. The first-order valence-electron chi connectivity index (χ1n) is 14.2. The summed E-state index contributed by atoms with van der Waals surface area (Å²) >= 11 is 0. The first kappa shape index (κ1) is 29.8. The summed E-state index contributed by atoms with van der Waals surface area (Å²) in [5, 5.41) is 5.87. The molecule has 0 saturated carbocycles. The Labute approximate surface area is 249 Å². The van der Waals surface area contributed by atoms with Gasteiger partial charge in [0.1, 0.15) is 6.04 Å². The van der Waals surface area contributed by atoms with Crippen LogP contribution in [0.25, 0.3) is 16.7 Å². The van der Waals surface area contributed by atoms with Gasteiger partial charge in [-0.1, -0.05) is 78.9 Å². The van der Waals surface area contributed by atoms with Crippen molar-refractivity contribution >= 4 is 23.1 Å². The zero-order valence-electron chi connectivity index (χ0n) is 23.7. The van der Waals surface area contributed by atoms with Crippen molar-refractivity contribution < 1.29 is 22.8 Å². The number of benzene rings is 4. The van der Waals surface area contributed by atoms with Crippen LogP contribution in [0.15, 0.2) is 109 Å². The lowest BCUT2D eigenvalue weighted by atomic mass is 9.96.